The van der Waals surface area contributed by atoms with E-state index in [0.717, 1.165) is 0 Å². The molecule has 0 aliphatic carbocycles. The highest BCUT2D eigenvalue weighted by Gasteiger charge is 2.28. The van der Waals surface area contributed by atoms with Crippen molar-refractivity contribution in [2.24, 2.45) is 0 Å². The maximum atomic E-state index is 12.6. The molecule has 3 atom stereocenters. The Bertz CT molecular complexity index is 522. The molecule has 4 N–H and O–H groups in total. The minimum Gasteiger partial charge on any atom is -0.480 e. The van der Waals surface area contributed by atoms with E-state index in [0.29, 0.717) is 36.5 Å². The van der Waals surface area contributed by atoms with Crippen LogP contribution in [0, 0.1) is 0 Å². The summed E-state index contributed by atoms with van der Waals surface area (Å²) in [7, 11) is 0. The van der Waals surface area contributed by atoms with Gasteiger partial charge in [-0.1, -0.05) is 0 Å². The Hall–Kier alpha value is -1.07. The summed E-state index contributed by atoms with van der Waals surface area (Å²) < 4.78 is 0. The summed E-state index contributed by atoms with van der Waals surface area (Å²) in [5.74, 6) is -0.503. The molecule has 0 spiro atoms. The van der Waals surface area contributed by atoms with Crippen LogP contribution in [-0.2, 0) is 19.2 Å². The van der Waals surface area contributed by atoms with Gasteiger partial charge in [-0.05, 0) is 55.3 Å². The molecule has 8 nitrogen and oxygen atoms in total. The van der Waals surface area contributed by atoms with E-state index >= 15 is 0 Å². The normalized spacial score (nSPS) is 13.9. The van der Waals surface area contributed by atoms with Gasteiger partial charge in [-0.2, -0.15) is 35.3 Å². The summed E-state index contributed by atoms with van der Waals surface area (Å²) in [5.41, 5.74) is 0. The van der Waals surface area contributed by atoms with Crippen molar-refractivity contribution in [3.63, 3.8) is 0 Å². The minimum absolute atomic E-state index is 0.299. The zero-order chi connectivity index (χ0) is 21.5. The number of aliphatic carboxylic acids is 1. The first-order chi connectivity index (χ1) is 13.3. The number of thioether (sulfide) groups is 3. The molecule has 0 aromatic rings. The van der Waals surface area contributed by atoms with Gasteiger partial charge in [0.2, 0.25) is 17.7 Å². The molecular formula is C17H31N3O5S3. The molecule has 0 rings (SSSR count). The fraction of sp³-hybridized carbons (Fsp3) is 0.765. The first-order valence-electron chi connectivity index (χ1n) is 8.84. The van der Waals surface area contributed by atoms with Crippen LogP contribution in [0.1, 0.15) is 26.2 Å². The van der Waals surface area contributed by atoms with Crippen molar-refractivity contribution in [1.29, 1.82) is 0 Å². The van der Waals surface area contributed by atoms with Gasteiger partial charge in [-0.25, -0.2) is 4.79 Å². The van der Waals surface area contributed by atoms with Crippen molar-refractivity contribution in [3.05, 3.63) is 0 Å². The zero-order valence-corrected chi connectivity index (χ0v) is 19.2. The van der Waals surface area contributed by atoms with Crippen LogP contribution < -0.4 is 16.0 Å². The highest BCUT2D eigenvalue weighted by molar-refractivity contribution is 7.98. The van der Waals surface area contributed by atoms with Crippen LogP contribution in [0.2, 0.25) is 0 Å². The number of hydrogen-bond donors (Lipinski definition) is 4. The first kappa shape index (κ1) is 26.9. The number of carboxylic acid groups (broad SMARTS) is 1. The smallest absolute Gasteiger partial charge is 0.326 e. The fourth-order valence-electron chi connectivity index (χ4n) is 2.29. The van der Waals surface area contributed by atoms with E-state index in [2.05, 4.69) is 16.0 Å². The lowest BCUT2D eigenvalue weighted by Gasteiger charge is -2.24. The Morgan fingerprint density at radius 2 is 1.07 bits per heavy atom. The Morgan fingerprint density at radius 3 is 1.43 bits per heavy atom. The van der Waals surface area contributed by atoms with Crippen molar-refractivity contribution in [3.8, 4) is 0 Å². The quantitative estimate of drug-likeness (QED) is 0.287. The molecule has 0 heterocycles. The standard InChI is InChI=1S/C17H31N3O5S3/c1-11(21)18-12(5-8-26-2)15(22)19-13(6-9-27-3)16(23)20-14(17(24)25)7-10-28-4/h12-14H,5-10H2,1-4H3,(H,18,21)(H,19,22)(H,20,23)(H,24,25)/t12-,13-,14-/m0/s1. The molecular weight excluding hydrogens is 422 g/mol. The van der Waals surface area contributed by atoms with E-state index in [1.807, 2.05) is 18.8 Å². The van der Waals surface area contributed by atoms with Crippen molar-refractivity contribution >= 4 is 59.0 Å². The minimum atomic E-state index is -1.10. The van der Waals surface area contributed by atoms with E-state index in [-0.39, 0.29) is 5.91 Å². The lowest BCUT2D eigenvalue weighted by molar-refractivity contribution is -0.142. The van der Waals surface area contributed by atoms with Crippen LogP contribution in [0.25, 0.3) is 0 Å². The van der Waals surface area contributed by atoms with Crippen LogP contribution >= 0.6 is 35.3 Å². The molecule has 162 valence electrons. The average molecular weight is 454 g/mol. The Labute approximate surface area is 179 Å². The number of carbonyl (C=O) groups is 4. The first-order valence-corrected chi connectivity index (χ1v) is 13.0. The van der Waals surface area contributed by atoms with Gasteiger partial charge in [-0.3, -0.25) is 14.4 Å². The molecule has 0 aliphatic rings. The van der Waals surface area contributed by atoms with E-state index in [4.69, 9.17) is 0 Å². The highest BCUT2D eigenvalue weighted by Crippen LogP contribution is 2.07. The molecule has 0 aromatic carbocycles. The van der Waals surface area contributed by atoms with Crippen LogP contribution in [0.4, 0.5) is 0 Å². The summed E-state index contributed by atoms with van der Waals surface area (Å²) in [6.45, 7) is 1.33. The monoisotopic (exact) mass is 453 g/mol. The predicted molar refractivity (Wildman–Crippen MR) is 118 cm³/mol. The Balaban J connectivity index is 5.14. The van der Waals surface area contributed by atoms with Gasteiger partial charge in [0.1, 0.15) is 18.1 Å². The predicted octanol–water partition coefficient (Wildman–Crippen LogP) is 0.805. The summed E-state index contributed by atoms with van der Waals surface area (Å²) >= 11 is 4.57. The lowest BCUT2D eigenvalue weighted by Crippen LogP contribution is -2.56. The van der Waals surface area contributed by atoms with Gasteiger partial charge in [0, 0.05) is 6.92 Å². The number of carboxylic acids is 1. The number of amides is 3. The van der Waals surface area contributed by atoms with E-state index in [9.17, 15) is 24.3 Å². The van der Waals surface area contributed by atoms with Crippen LogP contribution in [0.15, 0.2) is 0 Å². The summed E-state index contributed by atoms with van der Waals surface area (Å²) in [4.78, 5) is 48.0. The second kappa shape index (κ2) is 15.8. The van der Waals surface area contributed by atoms with Gasteiger partial charge >= 0.3 is 5.97 Å². The van der Waals surface area contributed by atoms with Crippen LogP contribution in [-0.4, -0.2) is 82.9 Å². The number of hydrogen-bond acceptors (Lipinski definition) is 7. The average Bonchev–Trinajstić information content (AvgIpc) is 2.64. The molecule has 0 saturated heterocycles. The molecule has 28 heavy (non-hydrogen) atoms. The van der Waals surface area contributed by atoms with Crippen molar-refractivity contribution in [2.75, 3.05) is 36.0 Å². The van der Waals surface area contributed by atoms with Crippen LogP contribution in [0.3, 0.4) is 0 Å². The molecule has 11 heteroatoms. The van der Waals surface area contributed by atoms with E-state index < -0.39 is 35.9 Å². The maximum Gasteiger partial charge on any atom is 0.326 e. The van der Waals surface area contributed by atoms with E-state index in [1.54, 1.807) is 11.8 Å². The third kappa shape index (κ3) is 11.7. The summed E-state index contributed by atoms with van der Waals surface area (Å²) in [5, 5.41) is 17.1. The van der Waals surface area contributed by atoms with Crippen molar-refractivity contribution in [2.45, 2.75) is 44.3 Å². The molecule has 0 aliphatic heterocycles. The topological polar surface area (TPSA) is 125 Å². The fourth-order valence-corrected chi connectivity index (χ4v) is 3.71. The van der Waals surface area contributed by atoms with Crippen molar-refractivity contribution < 1.29 is 24.3 Å². The second-order valence-electron chi connectivity index (χ2n) is 6.06. The van der Waals surface area contributed by atoms with Gasteiger partial charge in [-0.15, -0.1) is 0 Å². The number of rotatable bonds is 15. The number of nitrogens with one attached hydrogen (secondary N) is 3. The Kier molecular flexibility index (Phi) is 15.2. The number of carbonyl (C=O) groups excluding carboxylic acids is 3. The molecule has 0 unspecified atom stereocenters. The largest absolute Gasteiger partial charge is 0.480 e. The summed E-state index contributed by atoms with van der Waals surface area (Å²) in [6.07, 6.45) is 6.75. The van der Waals surface area contributed by atoms with Crippen molar-refractivity contribution in [1.82, 2.24) is 16.0 Å². The van der Waals surface area contributed by atoms with Gasteiger partial charge < -0.3 is 21.1 Å². The molecule has 0 radical (unpaired) electrons. The third-order valence-corrected chi connectivity index (χ3v) is 5.71. The highest BCUT2D eigenvalue weighted by atomic mass is 32.2. The summed E-state index contributed by atoms with van der Waals surface area (Å²) in [6, 6.07) is -2.60. The SMILES string of the molecule is CSCC[C@H](NC(=O)[C@H](CCSC)NC(=O)[C@H](CCSC)NC(C)=O)C(=O)O. The molecule has 0 bridgehead atoms. The van der Waals surface area contributed by atoms with Crippen LogP contribution in [0.5, 0.6) is 0 Å². The molecule has 3 amide bonds. The van der Waals surface area contributed by atoms with E-state index in [1.165, 1.54) is 30.4 Å². The second-order valence-corrected chi connectivity index (χ2v) is 9.01. The lowest BCUT2D eigenvalue weighted by atomic mass is 10.1. The zero-order valence-electron chi connectivity index (χ0n) is 16.8. The van der Waals surface area contributed by atoms with Gasteiger partial charge in [0.15, 0.2) is 0 Å². The molecule has 0 aromatic heterocycles. The van der Waals surface area contributed by atoms with Gasteiger partial charge in [0.25, 0.3) is 0 Å². The molecule has 0 saturated carbocycles. The Morgan fingerprint density at radius 1 is 0.714 bits per heavy atom. The molecule has 0 fully saturated rings. The van der Waals surface area contributed by atoms with Gasteiger partial charge in [0.05, 0.1) is 0 Å². The third-order valence-electron chi connectivity index (χ3n) is 3.77. The maximum absolute atomic E-state index is 12.6.